The summed E-state index contributed by atoms with van der Waals surface area (Å²) in [5.41, 5.74) is 5.76. The molecule has 12 heteroatoms. The number of amides is 2. The molecule has 2 aliphatic heterocycles. The number of halogens is 2. The van der Waals surface area contributed by atoms with E-state index in [9.17, 15) is 14.0 Å². The lowest BCUT2D eigenvalue weighted by Crippen LogP contribution is -2.55. The fourth-order valence-electron chi connectivity index (χ4n) is 7.01. The van der Waals surface area contributed by atoms with Crippen LogP contribution in [0.25, 0.3) is 38.7 Å². The lowest BCUT2D eigenvalue weighted by atomic mass is 10.0. The van der Waals surface area contributed by atoms with E-state index < -0.39 is 17.7 Å². The number of carbonyl (C=O) groups excluding carboxylic acids is 2. The maximum absolute atomic E-state index is 16.4. The SMILES string of the molecule is CCc1nc2ccc(N3CCN(C(=O)C4CCCN4C(=O)OC(C)(C)C)CC3)cn2c1-c1ccc(-c2nc(-c3ccc(F)cc3)cs2)c(C)c1F. The molecule has 5 heterocycles. The van der Waals surface area contributed by atoms with Crippen molar-refractivity contribution in [1.29, 1.82) is 0 Å². The molecule has 5 aromatic rings. The van der Waals surface area contributed by atoms with E-state index in [2.05, 4.69) is 4.90 Å². The molecule has 1 unspecified atom stereocenters. The van der Waals surface area contributed by atoms with Crippen LogP contribution in [0, 0.1) is 18.6 Å². The second kappa shape index (κ2) is 13.7. The van der Waals surface area contributed by atoms with Gasteiger partial charge in [-0.1, -0.05) is 13.0 Å². The topological polar surface area (TPSA) is 83.3 Å². The summed E-state index contributed by atoms with van der Waals surface area (Å²) in [4.78, 5) is 41.7. The van der Waals surface area contributed by atoms with Gasteiger partial charge in [-0.25, -0.2) is 23.5 Å². The Morgan fingerprint density at radius 1 is 0.941 bits per heavy atom. The maximum atomic E-state index is 16.4. The predicted octanol–water partition coefficient (Wildman–Crippen LogP) is 7.99. The van der Waals surface area contributed by atoms with Crippen LogP contribution in [0.1, 0.15) is 51.8 Å². The first-order chi connectivity index (χ1) is 24.4. The molecule has 2 aromatic carbocycles. The molecule has 3 aromatic heterocycles. The first kappa shape index (κ1) is 34.6. The highest BCUT2D eigenvalue weighted by molar-refractivity contribution is 7.13. The highest BCUT2D eigenvalue weighted by atomic mass is 32.1. The first-order valence-electron chi connectivity index (χ1n) is 17.5. The van der Waals surface area contributed by atoms with Gasteiger partial charge in [-0.05, 0) is 95.0 Å². The first-order valence-corrected chi connectivity index (χ1v) is 18.4. The standard InChI is InChI=1S/C39H42F2N6O3S/c1-6-30-35(29-15-14-28(24(2)34(29)41)36-43-31(23-51-36)25-9-11-26(40)12-10-25)47-22-27(13-16-33(47)42-30)44-18-20-45(21-19-44)37(48)32-8-7-17-46(32)38(49)50-39(3,4)5/h9-16,22-23,32H,6-8,17-21H2,1-5H3. The van der Waals surface area contributed by atoms with Gasteiger partial charge in [0.1, 0.15) is 33.9 Å². The van der Waals surface area contributed by atoms with Crippen LogP contribution in [-0.2, 0) is 16.0 Å². The molecule has 0 bridgehead atoms. The van der Waals surface area contributed by atoms with Crippen LogP contribution in [0.2, 0.25) is 0 Å². The predicted molar refractivity (Wildman–Crippen MR) is 196 cm³/mol. The number of likely N-dealkylation sites (tertiary alicyclic amines) is 1. The molecular formula is C39H42F2N6O3S. The van der Waals surface area contributed by atoms with E-state index in [0.717, 1.165) is 29.0 Å². The number of aromatic nitrogens is 3. The number of hydrogen-bond acceptors (Lipinski definition) is 7. The van der Waals surface area contributed by atoms with Gasteiger partial charge in [0, 0.05) is 61.0 Å². The van der Waals surface area contributed by atoms with Crippen LogP contribution in [0.4, 0.5) is 19.3 Å². The van der Waals surface area contributed by atoms with Crippen LogP contribution >= 0.6 is 11.3 Å². The Balaban J connectivity index is 1.11. The van der Waals surface area contributed by atoms with Gasteiger partial charge < -0.3 is 14.5 Å². The van der Waals surface area contributed by atoms with Crippen molar-refractivity contribution < 1.29 is 23.1 Å². The number of nitrogens with zero attached hydrogens (tertiary/aromatic N) is 6. The molecule has 2 fully saturated rings. The normalized spacial score (nSPS) is 16.7. The fraction of sp³-hybridized carbons (Fsp3) is 0.385. The summed E-state index contributed by atoms with van der Waals surface area (Å²) in [7, 11) is 0. The number of pyridine rings is 1. The fourth-order valence-corrected chi connectivity index (χ4v) is 7.92. The molecule has 0 radical (unpaired) electrons. The molecule has 2 aliphatic rings. The van der Waals surface area contributed by atoms with E-state index in [1.165, 1.54) is 23.5 Å². The molecule has 0 saturated carbocycles. The van der Waals surface area contributed by atoms with Gasteiger partial charge in [-0.3, -0.25) is 14.1 Å². The van der Waals surface area contributed by atoms with Crippen LogP contribution in [-0.4, -0.2) is 80.5 Å². The number of thiazole rings is 1. The minimum absolute atomic E-state index is 0.0309. The van der Waals surface area contributed by atoms with Gasteiger partial charge in [0.05, 0.1) is 22.8 Å². The molecule has 0 spiro atoms. The van der Waals surface area contributed by atoms with Gasteiger partial charge in [0.2, 0.25) is 5.91 Å². The number of rotatable bonds is 6. The van der Waals surface area contributed by atoms with Crippen molar-refractivity contribution in [3.63, 3.8) is 0 Å². The van der Waals surface area contributed by atoms with E-state index in [1.54, 1.807) is 30.0 Å². The summed E-state index contributed by atoms with van der Waals surface area (Å²) in [6, 6.07) is 13.4. The van der Waals surface area contributed by atoms with Gasteiger partial charge in [0.25, 0.3) is 0 Å². The van der Waals surface area contributed by atoms with Crippen molar-refractivity contribution in [2.45, 2.75) is 65.5 Å². The molecule has 266 valence electrons. The van der Waals surface area contributed by atoms with Crippen molar-refractivity contribution in [2.24, 2.45) is 0 Å². The number of ether oxygens (including phenoxy) is 1. The minimum atomic E-state index is -0.625. The Bertz CT molecular complexity index is 2100. The summed E-state index contributed by atoms with van der Waals surface area (Å²) >= 11 is 1.43. The van der Waals surface area contributed by atoms with Crippen molar-refractivity contribution in [3.05, 3.63) is 83.0 Å². The number of imidazole rings is 1. The maximum Gasteiger partial charge on any atom is 0.410 e. The van der Waals surface area contributed by atoms with Gasteiger partial charge >= 0.3 is 6.09 Å². The Morgan fingerprint density at radius 2 is 1.67 bits per heavy atom. The lowest BCUT2D eigenvalue weighted by Gasteiger charge is -2.38. The number of fused-ring (bicyclic) bond motifs is 1. The number of piperazine rings is 1. The van der Waals surface area contributed by atoms with Crippen LogP contribution in [0.5, 0.6) is 0 Å². The average molecular weight is 713 g/mol. The van der Waals surface area contributed by atoms with Crippen molar-refractivity contribution in [2.75, 3.05) is 37.6 Å². The zero-order chi connectivity index (χ0) is 36.0. The van der Waals surface area contributed by atoms with E-state index in [0.29, 0.717) is 78.7 Å². The Labute approximate surface area is 300 Å². The van der Waals surface area contributed by atoms with Crippen LogP contribution < -0.4 is 4.90 Å². The molecule has 7 rings (SSSR count). The highest BCUT2D eigenvalue weighted by Crippen LogP contribution is 2.37. The minimum Gasteiger partial charge on any atom is -0.444 e. The molecule has 0 aliphatic carbocycles. The molecule has 9 nitrogen and oxygen atoms in total. The molecule has 2 amide bonds. The smallest absolute Gasteiger partial charge is 0.410 e. The number of benzene rings is 2. The second-order valence-corrected chi connectivity index (χ2v) is 15.0. The van der Waals surface area contributed by atoms with E-state index in [4.69, 9.17) is 14.7 Å². The highest BCUT2D eigenvalue weighted by Gasteiger charge is 2.39. The third-order valence-electron chi connectivity index (χ3n) is 9.65. The lowest BCUT2D eigenvalue weighted by molar-refractivity contribution is -0.136. The monoisotopic (exact) mass is 712 g/mol. The van der Waals surface area contributed by atoms with Gasteiger partial charge in [-0.15, -0.1) is 11.3 Å². The Morgan fingerprint density at radius 3 is 2.37 bits per heavy atom. The van der Waals surface area contributed by atoms with Gasteiger partial charge in [0.15, 0.2) is 0 Å². The summed E-state index contributed by atoms with van der Waals surface area (Å²) < 4.78 is 37.4. The number of carbonyl (C=O) groups is 2. The Kier molecular flexibility index (Phi) is 9.30. The van der Waals surface area contributed by atoms with E-state index in [1.807, 2.05) is 66.8 Å². The number of aryl methyl sites for hydroxylation is 1. The molecular weight excluding hydrogens is 671 g/mol. The Hall–Kier alpha value is -4.84. The zero-order valence-electron chi connectivity index (χ0n) is 29.6. The molecule has 1 atom stereocenters. The number of anilines is 1. The van der Waals surface area contributed by atoms with E-state index >= 15 is 4.39 Å². The van der Waals surface area contributed by atoms with Crippen molar-refractivity contribution in [1.82, 2.24) is 24.2 Å². The largest absolute Gasteiger partial charge is 0.444 e. The van der Waals surface area contributed by atoms with Crippen LogP contribution in [0.3, 0.4) is 0 Å². The number of hydrogen-bond donors (Lipinski definition) is 0. The van der Waals surface area contributed by atoms with Crippen molar-refractivity contribution >= 4 is 34.7 Å². The summed E-state index contributed by atoms with van der Waals surface area (Å²) in [5.74, 6) is -0.666. The quantitative estimate of drug-likeness (QED) is 0.178. The summed E-state index contributed by atoms with van der Waals surface area (Å²) in [6.07, 6.45) is 3.61. The molecule has 2 saturated heterocycles. The zero-order valence-corrected chi connectivity index (χ0v) is 30.4. The summed E-state index contributed by atoms with van der Waals surface area (Å²) in [6.45, 7) is 12.1. The van der Waals surface area contributed by atoms with Gasteiger partial charge in [-0.2, -0.15) is 0 Å². The molecule has 0 N–H and O–H groups in total. The van der Waals surface area contributed by atoms with Crippen molar-refractivity contribution in [3.8, 4) is 33.1 Å². The third kappa shape index (κ3) is 6.81. The van der Waals surface area contributed by atoms with E-state index in [-0.39, 0.29) is 17.5 Å². The van der Waals surface area contributed by atoms with Crippen LogP contribution in [0.15, 0.2) is 60.1 Å². The third-order valence-corrected chi connectivity index (χ3v) is 10.5. The average Bonchev–Trinajstić information content (AvgIpc) is 3.88. The summed E-state index contributed by atoms with van der Waals surface area (Å²) in [5, 5.41) is 2.59. The molecule has 51 heavy (non-hydrogen) atoms. The second-order valence-electron chi connectivity index (χ2n) is 14.2.